The van der Waals surface area contributed by atoms with Crippen LogP contribution in [0.1, 0.15) is 21.8 Å². The Hall–Kier alpha value is -3.39. The van der Waals surface area contributed by atoms with E-state index in [0.717, 1.165) is 17.1 Å². The molecule has 0 saturated carbocycles. The number of pyridine rings is 1. The number of imidazole rings is 1. The van der Waals surface area contributed by atoms with Crippen molar-refractivity contribution in [1.82, 2.24) is 19.7 Å². The van der Waals surface area contributed by atoms with E-state index in [1.807, 2.05) is 48.0 Å². The molecule has 0 unspecified atom stereocenters. The lowest BCUT2D eigenvalue weighted by molar-refractivity contribution is 0.102. The lowest BCUT2D eigenvalue weighted by Crippen LogP contribution is -2.13. The van der Waals surface area contributed by atoms with E-state index in [9.17, 15) is 4.79 Å². The first-order chi connectivity index (χ1) is 13.7. The van der Waals surface area contributed by atoms with Crippen LogP contribution in [0, 0.1) is 6.92 Å². The Kier molecular flexibility index (Phi) is 5.20. The number of rotatable bonds is 6. The lowest BCUT2D eigenvalue weighted by atomic mass is 10.2. The maximum atomic E-state index is 12.8. The third-order valence-electron chi connectivity index (χ3n) is 3.98. The molecular formula is C20H17N5O2S. The van der Waals surface area contributed by atoms with Crippen molar-refractivity contribution < 1.29 is 9.32 Å². The minimum absolute atomic E-state index is 0.206. The molecule has 28 heavy (non-hydrogen) atoms. The van der Waals surface area contributed by atoms with Gasteiger partial charge in [0.2, 0.25) is 0 Å². The van der Waals surface area contributed by atoms with Crippen LogP contribution in [0.4, 0.5) is 5.69 Å². The van der Waals surface area contributed by atoms with Gasteiger partial charge in [-0.25, -0.2) is 9.97 Å². The summed E-state index contributed by atoms with van der Waals surface area (Å²) in [6.45, 7) is 1.85. The van der Waals surface area contributed by atoms with Gasteiger partial charge in [-0.3, -0.25) is 4.79 Å². The van der Waals surface area contributed by atoms with Gasteiger partial charge in [0.15, 0.2) is 0 Å². The Balaban J connectivity index is 1.46. The van der Waals surface area contributed by atoms with Crippen molar-refractivity contribution in [1.29, 1.82) is 0 Å². The Morgan fingerprint density at radius 1 is 1.21 bits per heavy atom. The summed E-state index contributed by atoms with van der Waals surface area (Å²) in [4.78, 5) is 21.1. The van der Waals surface area contributed by atoms with E-state index in [4.69, 9.17) is 4.52 Å². The lowest BCUT2D eigenvalue weighted by Gasteiger charge is -2.09. The second-order valence-corrected chi connectivity index (χ2v) is 7.01. The van der Waals surface area contributed by atoms with Gasteiger partial charge in [-0.05, 0) is 43.3 Å². The molecule has 0 radical (unpaired) electrons. The molecule has 3 aromatic heterocycles. The standard InChI is InChI=1S/C20H17N5O2S/c1-14-11-16(24-27-14)12-28-20-18(3-2-8-22-20)19(26)23-15-4-6-17(7-5-15)25-10-9-21-13-25/h2-11,13H,12H2,1H3,(H,23,26). The van der Waals surface area contributed by atoms with Crippen LogP contribution >= 0.6 is 11.8 Å². The summed E-state index contributed by atoms with van der Waals surface area (Å²) in [5, 5.41) is 7.54. The van der Waals surface area contributed by atoms with Gasteiger partial charge in [-0.2, -0.15) is 0 Å². The minimum Gasteiger partial charge on any atom is -0.361 e. The first-order valence-electron chi connectivity index (χ1n) is 8.59. The molecule has 3 heterocycles. The number of thioether (sulfide) groups is 1. The number of carbonyl (C=O) groups excluding carboxylic acids is 1. The Morgan fingerprint density at radius 3 is 2.79 bits per heavy atom. The van der Waals surface area contributed by atoms with E-state index in [2.05, 4.69) is 20.4 Å². The van der Waals surface area contributed by atoms with Gasteiger partial charge in [-0.1, -0.05) is 16.9 Å². The van der Waals surface area contributed by atoms with Gasteiger partial charge in [0.25, 0.3) is 5.91 Å². The Bertz CT molecular complexity index is 1070. The van der Waals surface area contributed by atoms with Crippen LogP contribution in [-0.4, -0.2) is 25.6 Å². The molecule has 8 heteroatoms. The predicted molar refractivity (Wildman–Crippen MR) is 107 cm³/mol. The summed E-state index contributed by atoms with van der Waals surface area (Å²) in [5.74, 6) is 1.13. The number of nitrogens with one attached hydrogen (secondary N) is 1. The smallest absolute Gasteiger partial charge is 0.258 e. The largest absolute Gasteiger partial charge is 0.361 e. The number of benzene rings is 1. The number of carbonyl (C=O) groups is 1. The maximum Gasteiger partial charge on any atom is 0.258 e. The molecule has 4 rings (SSSR count). The van der Waals surface area contributed by atoms with Crippen LogP contribution in [0.25, 0.3) is 5.69 Å². The van der Waals surface area contributed by atoms with E-state index in [0.29, 0.717) is 22.0 Å². The quantitative estimate of drug-likeness (QED) is 0.498. The van der Waals surface area contributed by atoms with E-state index in [1.165, 1.54) is 11.8 Å². The molecule has 1 amide bonds. The molecule has 4 aromatic rings. The molecule has 140 valence electrons. The number of hydrogen-bond donors (Lipinski definition) is 1. The van der Waals surface area contributed by atoms with Crippen LogP contribution in [-0.2, 0) is 5.75 Å². The van der Waals surface area contributed by atoms with E-state index < -0.39 is 0 Å². The zero-order chi connectivity index (χ0) is 19.3. The van der Waals surface area contributed by atoms with Gasteiger partial charge in [-0.15, -0.1) is 0 Å². The first-order valence-corrected chi connectivity index (χ1v) is 9.57. The fourth-order valence-corrected chi connectivity index (χ4v) is 3.51. The highest BCUT2D eigenvalue weighted by atomic mass is 32.2. The normalized spacial score (nSPS) is 10.8. The highest BCUT2D eigenvalue weighted by Crippen LogP contribution is 2.25. The van der Waals surface area contributed by atoms with Crippen molar-refractivity contribution in [2.24, 2.45) is 0 Å². The van der Waals surface area contributed by atoms with Gasteiger partial charge < -0.3 is 14.4 Å². The van der Waals surface area contributed by atoms with Crippen LogP contribution < -0.4 is 5.32 Å². The molecule has 0 aliphatic rings. The third-order valence-corrected chi connectivity index (χ3v) is 5.02. The molecule has 0 aliphatic heterocycles. The first kappa shape index (κ1) is 18.0. The Morgan fingerprint density at radius 2 is 2.07 bits per heavy atom. The third kappa shape index (κ3) is 4.12. The number of aryl methyl sites for hydroxylation is 1. The fraction of sp³-hybridized carbons (Fsp3) is 0.100. The molecule has 0 spiro atoms. The van der Waals surface area contributed by atoms with Crippen molar-refractivity contribution in [3.8, 4) is 5.69 Å². The van der Waals surface area contributed by atoms with E-state index in [1.54, 1.807) is 30.9 Å². The number of aromatic nitrogens is 4. The van der Waals surface area contributed by atoms with Crippen LogP contribution in [0.5, 0.6) is 0 Å². The average molecular weight is 391 g/mol. The predicted octanol–water partition coefficient (Wildman–Crippen LogP) is 4.11. The summed E-state index contributed by atoms with van der Waals surface area (Å²) in [7, 11) is 0. The average Bonchev–Trinajstić information content (AvgIpc) is 3.39. The summed E-state index contributed by atoms with van der Waals surface area (Å²) >= 11 is 1.45. The van der Waals surface area contributed by atoms with Crippen molar-refractivity contribution in [2.75, 3.05) is 5.32 Å². The number of nitrogens with zero attached hydrogens (tertiary/aromatic N) is 4. The van der Waals surface area contributed by atoms with Crippen LogP contribution in [0.15, 0.2) is 76.9 Å². The zero-order valence-electron chi connectivity index (χ0n) is 15.1. The summed E-state index contributed by atoms with van der Waals surface area (Å²) < 4.78 is 6.97. The zero-order valence-corrected chi connectivity index (χ0v) is 15.9. The van der Waals surface area contributed by atoms with Crippen LogP contribution in [0.2, 0.25) is 0 Å². The Labute approximate surface area is 165 Å². The second kappa shape index (κ2) is 8.10. The van der Waals surface area contributed by atoms with Gasteiger partial charge in [0, 0.05) is 41.8 Å². The topological polar surface area (TPSA) is 85.8 Å². The molecule has 0 atom stereocenters. The highest BCUT2D eigenvalue weighted by molar-refractivity contribution is 7.98. The molecule has 0 saturated heterocycles. The molecule has 0 fully saturated rings. The van der Waals surface area contributed by atoms with Gasteiger partial charge in [0.1, 0.15) is 10.8 Å². The molecule has 1 aromatic carbocycles. The fourth-order valence-electron chi connectivity index (χ4n) is 2.63. The van der Waals surface area contributed by atoms with Crippen molar-refractivity contribution in [2.45, 2.75) is 17.7 Å². The molecule has 0 bridgehead atoms. The monoisotopic (exact) mass is 391 g/mol. The molecule has 1 N–H and O–H groups in total. The second-order valence-electron chi connectivity index (χ2n) is 6.04. The molecular weight excluding hydrogens is 374 g/mol. The van der Waals surface area contributed by atoms with Crippen LogP contribution in [0.3, 0.4) is 0 Å². The van der Waals surface area contributed by atoms with Gasteiger partial charge in [0.05, 0.1) is 17.6 Å². The maximum absolute atomic E-state index is 12.8. The summed E-state index contributed by atoms with van der Waals surface area (Å²) in [5.41, 5.74) is 3.01. The van der Waals surface area contributed by atoms with E-state index >= 15 is 0 Å². The molecule has 7 nitrogen and oxygen atoms in total. The number of amides is 1. The van der Waals surface area contributed by atoms with E-state index in [-0.39, 0.29) is 5.91 Å². The summed E-state index contributed by atoms with van der Waals surface area (Å²) in [6, 6.07) is 12.9. The molecule has 0 aliphatic carbocycles. The number of hydrogen-bond acceptors (Lipinski definition) is 6. The number of anilines is 1. The SMILES string of the molecule is Cc1cc(CSc2ncccc2C(=O)Nc2ccc(-n3ccnc3)cc2)no1. The summed E-state index contributed by atoms with van der Waals surface area (Å²) in [6.07, 6.45) is 6.98. The van der Waals surface area contributed by atoms with Crippen molar-refractivity contribution in [3.63, 3.8) is 0 Å². The van der Waals surface area contributed by atoms with Crippen molar-refractivity contribution >= 4 is 23.4 Å². The highest BCUT2D eigenvalue weighted by Gasteiger charge is 2.14. The van der Waals surface area contributed by atoms with Gasteiger partial charge >= 0.3 is 0 Å². The van der Waals surface area contributed by atoms with Crippen molar-refractivity contribution in [3.05, 3.63) is 84.4 Å². The minimum atomic E-state index is -0.206.